The smallest absolute Gasteiger partial charge is 0.222 e. The molecule has 0 saturated heterocycles. The quantitative estimate of drug-likeness (QED) is 0.0377. The van der Waals surface area contributed by atoms with Crippen molar-refractivity contribution in [2.45, 2.75) is 250 Å². The number of hydrogen-bond acceptors (Lipinski definition) is 4. The van der Waals surface area contributed by atoms with E-state index < -0.39 is 18.2 Å². The molecule has 296 valence electrons. The Morgan fingerprint density at radius 2 is 0.860 bits per heavy atom. The Morgan fingerprint density at radius 1 is 0.500 bits per heavy atom. The summed E-state index contributed by atoms with van der Waals surface area (Å²) in [5.41, 5.74) is 0. The predicted molar refractivity (Wildman–Crippen MR) is 218 cm³/mol. The van der Waals surface area contributed by atoms with Crippen LogP contribution in [0.4, 0.5) is 0 Å². The molecule has 0 aliphatic rings. The lowest BCUT2D eigenvalue weighted by Gasteiger charge is -2.21. The molecule has 0 spiro atoms. The van der Waals surface area contributed by atoms with E-state index in [1.165, 1.54) is 173 Å². The Bertz CT molecular complexity index is 739. The first-order chi connectivity index (χ1) is 24.5. The van der Waals surface area contributed by atoms with Gasteiger partial charge in [0.15, 0.2) is 0 Å². The van der Waals surface area contributed by atoms with E-state index in [-0.39, 0.29) is 18.9 Å². The Hall–Kier alpha value is -1.17. The average molecular weight is 706 g/mol. The normalized spacial score (nSPS) is 13.8. The lowest BCUT2D eigenvalue weighted by atomic mass is 10.0. The van der Waals surface area contributed by atoms with Crippen LogP contribution in [0.15, 0.2) is 24.3 Å². The maximum atomic E-state index is 12.4. The van der Waals surface area contributed by atoms with Crippen molar-refractivity contribution >= 4 is 5.91 Å². The Labute approximate surface area is 312 Å². The van der Waals surface area contributed by atoms with Gasteiger partial charge in [0.25, 0.3) is 0 Å². The van der Waals surface area contributed by atoms with Crippen LogP contribution in [0, 0.1) is 0 Å². The van der Waals surface area contributed by atoms with Crippen LogP contribution in [0.25, 0.3) is 0 Å². The third-order valence-electron chi connectivity index (χ3n) is 10.2. The maximum absolute atomic E-state index is 12.4. The summed E-state index contributed by atoms with van der Waals surface area (Å²) < 4.78 is 0. The largest absolute Gasteiger partial charge is 0.394 e. The molecular weight excluding hydrogens is 618 g/mol. The van der Waals surface area contributed by atoms with E-state index in [4.69, 9.17) is 0 Å². The van der Waals surface area contributed by atoms with Crippen LogP contribution >= 0.6 is 0 Å². The third-order valence-corrected chi connectivity index (χ3v) is 10.2. The van der Waals surface area contributed by atoms with Crippen LogP contribution < -0.4 is 5.32 Å². The van der Waals surface area contributed by atoms with Gasteiger partial charge in [0.05, 0.1) is 31.3 Å². The second kappa shape index (κ2) is 40.6. The average Bonchev–Trinajstić information content (AvgIpc) is 3.11. The predicted octanol–water partition coefficient (Wildman–Crippen LogP) is 12.6. The molecule has 0 bridgehead atoms. The summed E-state index contributed by atoms with van der Waals surface area (Å²) in [6.45, 7) is 4.18. The molecule has 0 aliphatic carbocycles. The molecular formula is C45H87NO4. The highest BCUT2D eigenvalue weighted by molar-refractivity contribution is 5.76. The topological polar surface area (TPSA) is 89.8 Å². The summed E-state index contributed by atoms with van der Waals surface area (Å²) in [5.74, 6) is -0.324. The molecule has 0 aromatic carbocycles. The number of unbranched alkanes of at least 4 members (excludes halogenated alkanes) is 29. The summed E-state index contributed by atoms with van der Waals surface area (Å²) in [6, 6.07) is -0.756. The van der Waals surface area contributed by atoms with Crippen LogP contribution in [-0.4, -0.2) is 46.1 Å². The van der Waals surface area contributed by atoms with Crippen LogP contribution in [0.1, 0.15) is 232 Å². The van der Waals surface area contributed by atoms with Crippen molar-refractivity contribution in [2.75, 3.05) is 6.61 Å². The molecule has 0 saturated carbocycles. The second-order valence-corrected chi connectivity index (χ2v) is 15.3. The fraction of sp³-hybridized carbons (Fsp3) is 0.889. The van der Waals surface area contributed by atoms with Crippen LogP contribution in [0.2, 0.25) is 0 Å². The minimum absolute atomic E-state index is 0.00945. The van der Waals surface area contributed by atoms with Crippen LogP contribution in [0.3, 0.4) is 0 Å². The van der Waals surface area contributed by atoms with Crippen molar-refractivity contribution in [1.29, 1.82) is 0 Å². The third kappa shape index (κ3) is 36.6. The minimum Gasteiger partial charge on any atom is -0.394 e. The Morgan fingerprint density at radius 3 is 1.28 bits per heavy atom. The lowest BCUT2D eigenvalue weighted by molar-refractivity contribution is -0.124. The first-order valence-corrected chi connectivity index (χ1v) is 22.1. The monoisotopic (exact) mass is 706 g/mol. The number of carbonyl (C=O) groups is 1. The SMILES string of the molecule is CCCCCCC/C=C/CC/C=C/C(O)C(CO)NC(=O)CC(O)CCCCCCCCCCCCCCCCCCCCCCCCCC. The van der Waals surface area contributed by atoms with Gasteiger partial charge in [-0.15, -0.1) is 0 Å². The fourth-order valence-electron chi connectivity index (χ4n) is 6.83. The zero-order chi connectivity index (χ0) is 36.6. The lowest BCUT2D eigenvalue weighted by Crippen LogP contribution is -2.45. The van der Waals surface area contributed by atoms with Gasteiger partial charge in [-0.1, -0.05) is 218 Å². The molecule has 0 aliphatic heterocycles. The molecule has 0 aromatic heterocycles. The second-order valence-electron chi connectivity index (χ2n) is 15.3. The number of rotatable bonds is 40. The molecule has 1 amide bonds. The van der Waals surface area contributed by atoms with Crippen molar-refractivity contribution < 1.29 is 20.1 Å². The molecule has 0 radical (unpaired) electrons. The summed E-state index contributed by atoms with van der Waals surface area (Å²) >= 11 is 0. The van der Waals surface area contributed by atoms with Crippen LogP contribution in [0.5, 0.6) is 0 Å². The summed E-state index contributed by atoms with van der Waals surface area (Å²) in [7, 11) is 0. The van der Waals surface area contributed by atoms with E-state index >= 15 is 0 Å². The van der Waals surface area contributed by atoms with Gasteiger partial charge in [0.2, 0.25) is 5.91 Å². The zero-order valence-corrected chi connectivity index (χ0v) is 33.5. The van der Waals surface area contributed by atoms with Gasteiger partial charge in [0.1, 0.15) is 0 Å². The number of nitrogens with one attached hydrogen (secondary N) is 1. The molecule has 0 rings (SSSR count). The number of allylic oxidation sites excluding steroid dienone is 3. The molecule has 5 nitrogen and oxygen atoms in total. The number of hydrogen-bond donors (Lipinski definition) is 4. The highest BCUT2D eigenvalue weighted by Crippen LogP contribution is 2.16. The molecule has 50 heavy (non-hydrogen) atoms. The molecule has 4 N–H and O–H groups in total. The van der Waals surface area contributed by atoms with Crippen molar-refractivity contribution in [2.24, 2.45) is 0 Å². The van der Waals surface area contributed by atoms with Crippen molar-refractivity contribution in [3.63, 3.8) is 0 Å². The van der Waals surface area contributed by atoms with Crippen molar-refractivity contribution in [1.82, 2.24) is 5.32 Å². The summed E-state index contributed by atoms with van der Waals surface area (Å²) in [4.78, 5) is 12.4. The highest BCUT2D eigenvalue weighted by atomic mass is 16.3. The van der Waals surface area contributed by atoms with Gasteiger partial charge in [-0.25, -0.2) is 0 Å². The van der Waals surface area contributed by atoms with E-state index in [1.54, 1.807) is 6.08 Å². The molecule has 5 heteroatoms. The van der Waals surface area contributed by atoms with E-state index in [1.807, 2.05) is 6.08 Å². The summed E-state index contributed by atoms with van der Waals surface area (Å²) in [6.07, 6.45) is 49.1. The Balaban J connectivity index is 3.57. The van der Waals surface area contributed by atoms with Gasteiger partial charge >= 0.3 is 0 Å². The van der Waals surface area contributed by atoms with Gasteiger partial charge in [-0.05, 0) is 32.1 Å². The summed E-state index contributed by atoms with van der Waals surface area (Å²) in [5, 5.41) is 33.1. The number of aliphatic hydroxyl groups is 3. The van der Waals surface area contributed by atoms with E-state index in [0.29, 0.717) is 6.42 Å². The first-order valence-electron chi connectivity index (χ1n) is 22.1. The molecule has 3 atom stereocenters. The highest BCUT2D eigenvalue weighted by Gasteiger charge is 2.20. The van der Waals surface area contributed by atoms with Gasteiger partial charge in [-0.3, -0.25) is 4.79 Å². The molecule has 0 heterocycles. The fourth-order valence-corrected chi connectivity index (χ4v) is 6.83. The van der Waals surface area contributed by atoms with Crippen molar-refractivity contribution in [3.8, 4) is 0 Å². The van der Waals surface area contributed by atoms with Crippen LogP contribution in [-0.2, 0) is 4.79 Å². The van der Waals surface area contributed by atoms with E-state index in [2.05, 4.69) is 31.3 Å². The molecule has 3 unspecified atom stereocenters. The maximum Gasteiger partial charge on any atom is 0.222 e. The Kier molecular flexibility index (Phi) is 39.6. The number of aliphatic hydroxyl groups excluding tert-OH is 3. The van der Waals surface area contributed by atoms with E-state index in [0.717, 1.165) is 32.1 Å². The minimum atomic E-state index is -0.947. The molecule has 0 fully saturated rings. The molecule has 0 aromatic rings. The van der Waals surface area contributed by atoms with Gasteiger partial charge in [-0.2, -0.15) is 0 Å². The van der Waals surface area contributed by atoms with E-state index in [9.17, 15) is 20.1 Å². The zero-order valence-electron chi connectivity index (χ0n) is 33.5. The standard InChI is InChI=1S/C45H87NO4/c1-3-5-7-9-11-13-15-16-17-18-19-20-21-22-23-24-25-26-27-29-30-32-34-36-38-42(48)40-45(50)46-43(41-47)44(49)39-37-35-33-31-28-14-12-10-8-6-4-2/h28,31,37,39,42-44,47-49H,3-27,29-30,32-36,38,40-41H2,1-2H3,(H,46,50)/b31-28+,39-37+. The number of carbonyl (C=O) groups excluding carboxylic acids is 1. The van der Waals surface area contributed by atoms with Gasteiger partial charge < -0.3 is 20.6 Å². The van der Waals surface area contributed by atoms with Gasteiger partial charge in [0, 0.05) is 0 Å². The number of amides is 1. The first kappa shape index (κ1) is 48.8. The van der Waals surface area contributed by atoms with Crippen molar-refractivity contribution in [3.05, 3.63) is 24.3 Å².